The Labute approximate surface area is 121 Å². The van der Waals surface area contributed by atoms with Gasteiger partial charge in [-0.15, -0.1) is 0 Å². The lowest BCUT2D eigenvalue weighted by molar-refractivity contribution is 0.0523. The number of rotatable bonds is 2. The Bertz CT molecular complexity index is 488. The molecule has 1 N–H and O–H groups in total. The molecule has 20 heavy (non-hydrogen) atoms. The van der Waals surface area contributed by atoms with Crippen molar-refractivity contribution in [1.29, 1.82) is 0 Å². The van der Waals surface area contributed by atoms with E-state index in [1.54, 1.807) is 0 Å². The summed E-state index contributed by atoms with van der Waals surface area (Å²) in [7, 11) is 0. The first-order valence-corrected chi connectivity index (χ1v) is 7.41. The number of amides is 1. The van der Waals surface area contributed by atoms with Crippen LogP contribution >= 0.6 is 0 Å². The number of aryl methyl sites for hydroxylation is 2. The van der Waals surface area contributed by atoms with Gasteiger partial charge in [0, 0.05) is 12.5 Å². The molecular formula is C17H25NO2. The number of hydrogen-bond donors (Lipinski definition) is 1. The van der Waals surface area contributed by atoms with Crippen LogP contribution in [-0.4, -0.2) is 18.2 Å². The van der Waals surface area contributed by atoms with Crippen LogP contribution in [0, 0.1) is 6.92 Å². The number of carbonyl (C=O) groups is 1. The summed E-state index contributed by atoms with van der Waals surface area (Å²) in [5.41, 5.74) is 3.70. The summed E-state index contributed by atoms with van der Waals surface area (Å²) in [5.74, 6) is 0.409. The van der Waals surface area contributed by atoms with Crippen molar-refractivity contribution in [3.63, 3.8) is 0 Å². The molecule has 3 nitrogen and oxygen atoms in total. The van der Waals surface area contributed by atoms with Crippen LogP contribution in [0.4, 0.5) is 4.79 Å². The molecule has 1 aromatic carbocycles. The van der Waals surface area contributed by atoms with Gasteiger partial charge in [-0.05, 0) is 58.1 Å². The van der Waals surface area contributed by atoms with Crippen LogP contribution in [-0.2, 0) is 11.2 Å². The Hall–Kier alpha value is -1.51. The predicted molar refractivity (Wildman–Crippen MR) is 81.1 cm³/mol. The largest absolute Gasteiger partial charge is 0.444 e. The van der Waals surface area contributed by atoms with Gasteiger partial charge in [0.1, 0.15) is 5.60 Å². The normalized spacial score (nSPS) is 18.3. The highest BCUT2D eigenvalue weighted by Gasteiger charge is 2.22. The molecule has 0 unspecified atom stereocenters. The molecule has 0 saturated heterocycles. The zero-order valence-corrected chi connectivity index (χ0v) is 13.0. The molecule has 1 atom stereocenters. The Balaban J connectivity index is 1.97. The fourth-order valence-electron chi connectivity index (χ4n) is 2.78. The summed E-state index contributed by atoms with van der Waals surface area (Å²) in [6.45, 7) is 8.43. The van der Waals surface area contributed by atoms with Crippen LogP contribution in [0.25, 0.3) is 0 Å². The summed E-state index contributed by atoms with van der Waals surface area (Å²) < 4.78 is 5.29. The first-order valence-electron chi connectivity index (χ1n) is 7.41. The van der Waals surface area contributed by atoms with Crippen LogP contribution in [0.5, 0.6) is 0 Å². The summed E-state index contributed by atoms with van der Waals surface area (Å²) in [6, 6.07) is 6.64. The first-order chi connectivity index (χ1) is 9.35. The van der Waals surface area contributed by atoms with Crippen LogP contribution in [0.2, 0.25) is 0 Å². The van der Waals surface area contributed by atoms with Gasteiger partial charge in [0.15, 0.2) is 0 Å². The lowest BCUT2D eigenvalue weighted by atomic mass is 9.82. The third kappa shape index (κ3) is 3.99. The van der Waals surface area contributed by atoms with Crippen molar-refractivity contribution in [2.24, 2.45) is 0 Å². The van der Waals surface area contributed by atoms with Gasteiger partial charge in [0.25, 0.3) is 0 Å². The van der Waals surface area contributed by atoms with Crippen molar-refractivity contribution in [1.82, 2.24) is 5.32 Å². The molecule has 1 aliphatic carbocycles. The van der Waals surface area contributed by atoms with Crippen molar-refractivity contribution in [3.05, 3.63) is 34.9 Å². The molecule has 1 amide bonds. The smallest absolute Gasteiger partial charge is 0.407 e. The van der Waals surface area contributed by atoms with E-state index in [1.165, 1.54) is 23.1 Å². The maximum atomic E-state index is 11.7. The molecule has 0 aromatic heterocycles. The zero-order valence-electron chi connectivity index (χ0n) is 13.0. The van der Waals surface area contributed by atoms with E-state index in [9.17, 15) is 4.79 Å². The maximum absolute atomic E-state index is 11.7. The van der Waals surface area contributed by atoms with E-state index < -0.39 is 5.60 Å². The zero-order chi connectivity index (χ0) is 14.8. The minimum Gasteiger partial charge on any atom is -0.444 e. The van der Waals surface area contributed by atoms with Gasteiger partial charge in [0.05, 0.1) is 0 Å². The van der Waals surface area contributed by atoms with Crippen molar-refractivity contribution < 1.29 is 9.53 Å². The number of nitrogens with one attached hydrogen (secondary N) is 1. The van der Waals surface area contributed by atoms with Gasteiger partial charge in [-0.1, -0.05) is 23.8 Å². The molecule has 0 saturated carbocycles. The Morgan fingerprint density at radius 2 is 2.15 bits per heavy atom. The molecular weight excluding hydrogens is 250 g/mol. The highest BCUT2D eigenvalue weighted by atomic mass is 16.6. The molecule has 0 fully saturated rings. The van der Waals surface area contributed by atoms with E-state index in [0.717, 1.165) is 12.8 Å². The topological polar surface area (TPSA) is 38.3 Å². The summed E-state index contributed by atoms with van der Waals surface area (Å²) in [5, 5.41) is 2.90. The van der Waals surface area contributed by atoms with E-state index in [0.29, 0.717) is 12.5 Å². The second-order valence-electron chi connectivity index (χ2n) is 6.67. The number of ether oxygens (including phenoxy) is 1. The Morgan fingerprint density at radius 1 is 1.40 bits per heavy atom. The molecule has 110 valence electrons. The van der Waals surface area contributed by atoms with E-state index in [1.807, 2.05) is 20.8 Å². The second-order valence-corrected chi connectivity index (χ2v) is 6.67. The molecule has 0 heterocycles. The molecule has 3 heteroatoms. The molecule has 1 aliphatic rings. The quantitative estimate of drug-likeness (QED) is 0.887. The number of fused-ring (bicyclic) bond motifs is 1. The van der Waals surface area contributed by atoms with Crippen LogP contribution in [0.15, 0.2) is 18.2 Å². The summed E-state index contributed by atoms with van der Waals surface area (Å²) in [4.78, 5) is 11.7. The van der Waals surface area contributed by atoms with Gasteiger partial charge in [-0.2, -0.15) is 0 Å². The van der Waals surface area contributed by atoms with E-state index in [4.69, 9.17) is 4.74 Å². The van der Waals surface area contributed by atoms with Crippen LogP contribution in [0.3, 0.4) is 0 Å². The standard InChI is InChI=1S/C17H25NO2/c1-12-8-9-15-13(10-12)6-5-7-14(15)11-18-16(19)20-17(2,3)4/h8-10,14H,5-7,11H2,1-4H3,(H,18,19)/t14-/m0/s1. The van der Waals surface area contributed by atoms with Gasteiger partial charge < -0.3 is 10.1 Å². The highest BCUT2D eigenvalue weighted by Crippen LogP contribution is 2.31. The fourth-order valence-corrected chi connectivity index (χ4v) is 2.78. The number of hydrogen-bond acceptors (Lipinski definition) is 2. The van der Waals surface area contributed by atoms with Gasteiger partial charge >= 0.3 is 6.09 Å². The molecule has 0 bridgehead atoms. The number of carbonyl (C=O) groups excluding carboxylic acids is 1. The fraction of sp³-hybridized carbons (Fsp3) is 0.588. The van der Waals surface area contributed by atoms with E-state index in [2.05, 4.69) is 30.4 Å². The van der Waals surface area contributed by atoms with Crippen molar-refractivity contribution in [2.45, 2.75) is 58.5 Å². The Morgan fingerprint density at radius 3 is 2.85 bits per heavy atom. The minimum absolute atomic E-state index is 0.322. The van der Waals surface area contributed by atoms with Crippen molar-refractivity contribution in [2.75, 3.05) is 6.54 Å². The SMILES string of the molecule is Cc1ccc2c(c1)CCC[C@H]2CNC(=O)OC(C)(C)C. The van der Waals surface area contributed by atoms with Crippen molar-refractivity contribution in [3.8, 4) is 0 Å². The maximum Gasteiger partial charge on any atom is 0.407 e. The third-order valence-corrected chi connectivity index (χ3v) is 3.63. The average Bonchev–Trinajstić information content (AvgIpc) is 2.33. The predicted octanol–water partition coefficient (Wildman–Crippen LogP) is 3.94. The second kappa shape index (κ2) is 5.86. The number of alkyl carbamates (subject to hydrolysis) is 1. The molecule has 1 aromatic rings. The van der Waals surface area contributed by atoms with Crippen molar-refractivity contribution >= 4 is 6.09 Å². The minimum atomic E-state index is -0.439. The lowest BCUT2D eigenvalue weighted by Crippen LogP contribution is -2.35. The highest BCUT2D eigenvalue weighted by molar-refractivity contribution is 5.67. The molecule has 0 aliphatic heterocycles. The monoisotopic (exact) mass is 275 g/mol. The van der Waals surface area contributed by atoms with Crippen LogP contribution in [0.1, 0.15) is 56.2 Å². The lowest BCUT2D eigenvalue weighted by Gasteiger charge is -2.27. The third-order valence-electron chi connectivity index (χ3n) is 3.63. The first kappa shape index (κ1) is 14.9. The summed E-state index contributed by atoms with van der Waals surface area (Å²) in [6.07, 6.45) is 3.15. The molecule has 0 radical (unpaired) electrons. The van der Waals surface area contributed by atoms with Gasteiger partial charge in [0.2, 0.25) is 0 Å². The number of benzene rings is 1. The van der Waals surface area contributed by atoms with E-state index in [-0.39, 0.29) is 6.09 Å². The average molecular weight is 275 g/mol. The summed E-state index contributed by atoms with van der Waals surface area (Å²) >= 11 is 0. The van der Waals surface area contributed by atoms with Gasteiger partial charge in [-0.3, -0.25) is 0 Å². The molecule has 2 rings (SSSR count). The van der Waals surface area contributed by atoms with Crippen LogP contribution < -0.4 is 5.32 Å². The van der Waals surface area contributed by atoms with E-state index >= 15 is 0 Å². The molecule has 0 spiro atoms. The van der Waals surface area contributed by atoms with Gasteiger partial charge in [-0.25, -0.2) is 4.79 Å². The Kier molecular flexibility index (Phi) is 4.36.